The van der Waals surface area contributed by atoms with Gasteiger partial charge >= 0.3 is 5.97 Å². The molecule has 0 aliphatic carbocycles. The van der Waals surface area contributed by atoms with Gasteiger partial charge in [0, 0.05) is 9.65 Å². The average Bonchev–Trinajstić information content (AvgIpc) is 3.45. The van der Waals surface area contributed by atoms with Crippen LogP contribution in [0.1, 0.15) is 104 Å². The number of carbonyl (C=O) groups excluding carboxylic acids is 1. The van der Waals surface area contributed by atoms with Crippen molar-refractivity contribution in [2.75, 3.05) is 13.2 Å². The van der Waals surface area contributed by atoms with Crippen LogP contribution in [-0.2, 0) is 14.3 Å². The lowest BCUT2D eigenvalue weighted by atomic mass is 10.0. The molecule has 0 aromatic carbocycles. The second kappa shape index (κ2) is 15.3. The summed E-state index contributed by atoms with van der Waals surface area (Å²) in [5.41, 5.74) is -0.588. The van der Waals surface area contributed by atoms with Gasteiger partial charge in [-0.05, 0) is 32.1 Å². The number of rotatable bonds is 18. The summed E-state index contributed by atoms with van der Waals surface area (Å²) in [5, 5.41) is 0. The molecule has 3 atom stereocenters. The molecule has 0 amide bonds. The normalized spacial score (nSPS) is 21.0. The van der Waals surface area contributed by atoms with E-state index >= 15 is 0 Å². The summed E-state index contributed by atoms with van der Waals surface area (Å²) >= 11 is 7.71. The van der Waals surface area contributed by atoms with Gasteiger partial charge in [0.2, 0.25) is 0 Å². The highest BCUT2D eigenvalue weighted by molar-refractivity contribution is 9.12. The molecule has 27 heavy (non-hydrogen) atoms. The van der Waals surface area contributed by atoms with Crippen LogP contribution in [0.3, 0.4) is 0 Å². The zero-order valence-corrected chi connectivity index (χ0v) is 20.6. The second-order valence-corrected chi connectivity index (χ2v) is 10.3. The first kappa shape index (κ1) is 25.4. The number of ether oxygens (including phenoxy) is 2. The van der Waals surface area contributed by atoms with E-state index in [0.29, 0.717) is 22.9 Å². The third-order valence-corrected chi connectivity index (χ3v) is 8.28. The second-order valence-electron chi connectivity index (χ2n) is 7.96. The highest BCUT2D eigenvalue weighted by atomic mass is 79.9. The van der Waals surface area contributed by atoms with E-state index in [2.05, 4.69) is 45.7 Å². The zero-order chi connectivity index (χ0) is 20.0. The van der Waals surface area contributed by atoms with Crippen LogP contribution in [0.5, 0.6) is 0 Å². The maximum Gasteiger partial charge on any atom is 0.340 e. The minimum absolute atomic E-state index is 0.139. The van der Waals surface area contributed by atoms with Crippen molar-refractivity contribution in [3.05, 3.63) is 0 Å². The largest absolute Gasteiger partial charge is 0.463 e. The van der Waals surface area contributed by atoms with E-state index in [4.69, 9.17) is 9.47 Å². The van der Waals surface area contributed by atoms with Gasteiger partial charge in [-0.25, -0.2) is 4.79 Å². The Morgan fingerprint density at radius 2 is 1.41 bits per heavy atom. The maximum atomic E-state index is 12.1. The Kier molecular flexibility index (Phi) is 14.4. The smallest absolute Gasteiger partial charge is 0.340 e. The van der Waals surface area contributed by atoms with Crippen molar-refractivity contribution in [2.24, 2.45) is 0 Å². The van der Waals surface area contributed by atoms with Gasteiger partial charge in [-0.2, -0.15) is 0 Å². The van der Waals surface area contributed by atoms with Gasteiger partial charge in [-0.15, -0.1) is 0 Å². The molecule has 160 valence electrons. The van der Waals surface area contributed by atoms with Crippen LogP contribution < -0.4 is 0 Å². The topological polar surface area (TPSA) is 38.8 Å². The Balaban J connectivity index is 1.98. The van der Waals surface area contributed by atoms with Crippen LogP contribution in [0.25, 0.3) is 0 Å². The number of hydrogen-bond donors (Lipinski definition) is 0. The van der Waals surface area contributed by atoms with Gasteiger partial charge in [-0.3, -0.25) is 0 Å². The molecule has 1 saturated heterocycles. The van der Waals surface area contributed by atoms with Crippen molar-refractivity contribution in [3.8, 4) is 0 Å². The lowest BCUT2D eigenvalue weighted by molar-refractivity contribution is -0.150. The summed E-state index contributed by atoms with van der Waals surface area (Å²) < 4.78 is 10.8. The van der Waals surface area contributed by atoms with E-state index in [1.807, 2.05) is 0 Å². The van der Waals surface area contributed by atoms with E-state index < -0.39 is 5.60 Å². The number of alkyl halides is 2. The molecule has 1 aliphatic heterocycles. The van der Waals surface area contributed by atoms with Gasteiger partial charge in [0.15, 0.2) is 5.60 Å². The van der Waals surface area contributed by atoms with Crippen molar-refractivity contribution < 1.29 is 14.3 Å². The Morgan fingerprint density at radius 1 is 0.889 bits per heavy atom. The monoisotopic (exact) mass is 510 g/mol. The van der Waals surface area contributed by atoms with E-state index in [-0.39, 0.29) is 5.97 Å². The van der Waals surface area contributed by atoms with Gasteiger partial charge < -0.3 is 9.47 Å². The molecule has 3 nitrogen and oxygen atoms in total. The Labute approximate surface area is 184 Å². The van der Waals surface area contributed by atoms with E-state index in [0.717, 1.165) is 25.7 Å². The van der Waals surface area contributed by atoms with Gasteiger partial charge in [-0.1, -0.05) is 103 Å². The van der Waals surface area contributed by atoms with Crippen molar-refractivity contribution in [1.82, 2.24) is 0 Å². The fraction of sp³-hybridized carbons (Fsp3) is 0.955. The molecule has 1 rings (SSSR count). The molecular weight excluding hydrogens is 472 g/mol. The van der Waals surface area contributed by atoms with Crippen LogP contribution in [0.2, 0.25) is 0 Å². The molecule has 1 fully saturated rings. The molecule has 5 heteroatoms. The first-order valence-electron chi connectivity index (χ1n) is 11.1. The molecule has 0 radical (unpaired) electrons. The van der Waals surface area contributed by atoms with Gasteiger partial charge in [0.05, 0.1) is 13.2 Å². The Hall–Kier alpha value is 0.390. The molecule has 1 aliphatic rings. The van der Waals surface area contributed by atoms with E-state index in [9.17, 15) is 4.79 Å². The number of hydrogen-bond acceptors (Lipinski definition) is 3. The number of unbranched alkanes of at least 4 members (excludes halogenated alkanes) is 8. The zero-order valence-electron chi connectivity index (χ0n) is 17.4. The van der Waals surface area contributed by atoms with Crippen LogP contribution in [0.15, 0.2) is 0 Å². The number of esters is 1. The first-order valence-corrected chi connectivity index (χ1v) is 13.0. The predicted octanol–water partition coefficient (Wildman–Crippen LogP) is 7.33. The summed E-state index contributed by atoms with van der Waals surface area (Å²) in [5.74, 6) is -0.139. The first-order chi connectivity index (χ1) is 13.1. The summed E-state index contributed by atoms with van der Waals surface area (Å²) in [4.78, 5) is 13.2. The fourth-order valence-electron chi connectivity index (χ4n) is 3.30. The third-order valence-electron chi connectivity index (χ3n) is 5.38. The molecule has 0 N–H and O–H groups in total. The van der Waals surface area contributed by atoms with Crippen molar-refractivity contribution in [3.63, 3.8) is 0 Å². The van der Waals surface area contributed by atoms with Crippen molar-refractivity contribution >= 4 is 37.8 Å². The van der Waals surface area contributed by atoms with Gasteiger partial charge in [0.25, 0.3) is 0 Å². The molecule has 0 saturated carbocycles. The van der Waals surface area contributed by atoms with Crippen LogP contribution >= 0.6 is 31.9 Å². The quantitative estimate of drug-likeness (QED) is 0.0836. The molecule has 0 aromatic rings. The Morgan fingerprint density at radius 3 is 1.96 bits per heavy atom. The van der Waals surface area contributed by atoms with Crippen molar-refractivity contribution in [1.29, 1.82) is 0 Å². The maximum absolute atomic E-state index is 12.1. The van der Waals surface area contributed by atoms with E-state index in [1.54, 1.807) is 0 Å². The molecule has 1 heterocycles. The fourth-order valence-corrected chi connectivity index (χ4v) is 4.48. The Bertz CT molecular complexity index is 386. The van der Waals surface area contributed by atoms with Crippen LogP contribution in [0, 0.1) is 0 Å². The standard InChI is InChI=1S/C22H40Br2O3/c1-3-5-7-11-14-19(23)20(24)15-12-9-8-10-13-16-22(18-27-22)21(25)26-17-6-4-2/h19-20H,3-18H2,1-2H3. The highest BCUT2D eigenvalue weighted by Gasteiger charge is 2.52. The van der Waals surface area contributed by atoms with Crippen LogP contribution in [0.4, 0.5) is 0 Å². The SMILES string of the molecule is CCCCCCC(Br)C(Br)CCCCCCCC1(C(=O)OCCCC)CO1. The molecule has 0 bridgehead atoms. The highest BCUT2D eigenvalue weighted by Crippen LogP contribution is 2.34. The summed E-state index contributed by atoms with van der Waals surface area (Å²) in [6.45, 7) is 5.44. The predicted molar refractivity (Wildman–Crippen MR) is 121 cm³/mol. The minimum Gasteiger partial charge on any atom is -0.463 e. The molecular formula is C22H40Br2O3. The van der Waals surface area contributed by atoms with E-state index in [1.165, 1.54) is 64.2 Å². The van der Waals surface area contributed by atoms with Crippen LogP contribution in [-0.4, -0.2) is 34.4 Å². The lowest BCUT2D eigenvalue weighted by Crippen LogP contribution is -2.27. The minimum atomic E-state index is -0.588. The molecule has 0 aromatic heterocycles. The third kappa shape index (κ3) is 11.2. The molecule has 0 spiro atoms. The summed E-state index contributed by atoms with van der Waals surface area (Å²) in [6, 6.07) is 0. The number of epoxide rings is 1. The summed E-state index contributed by atoms with van der Waals surface area (Å²) in [6.07, 6.45) is 16.7. The molecule has 3 unspecified atom stereocenters. The van der Waals surface area contributed by atoms with Crippen molar-refractivity contribution in [2.45, 2.75) is 119 Å². The summed E-state index contributed by atoms with van der Waals surface area (Å²) in [7, 11) is 0. The number of carbonyl (C=O) groups is 1. The lowest BCUT2D eigenvalue weighted by Gasteiger charge is -2.16. The average molecular weight is 512 g/mol. The number of halogens is 2. The van der Waals surface area contributed by atoms with Gasteiger partial charge in [0.1, 0.15) is 0 Å².